The van der Waals surface area contributed by atoms with E-state index in [0.29, 0.717) is 68.1 Å². The summed E-state index contributed by atoms with van der Waals surface area (Å²) in [6.07, 6.45) is 7.16. The SMILES string of the molecule is Cc1oc2nc1-c1nc(co1)-c1nc(co1)-c1nc(co1)-c1nc(co1)-c1nc(co1)C1=N[C@H](CS1)c1nc-2c(C)o1. The number of thioether (sulfide) groups is 1. The second kappa shape index (κ2) is 8.50. The molecule has 7 aromatic heterocycles. The first kappa shape index (κ1) is 23.2. The Bertz CT molecular complexity index is 2170. The first-order chi connectivity index (χ1) is 20.6. The molecule has 15 nitrogen and oxygen atoms in total. The van der Waals surface area contributed by atoms with Gasteiger partial charge in [0.25, 0.3) is 0 Å². The minimum Gasteiger partial charge on any atom is -0.443 e. The van der Waals surface area contributed by atoms with E-state index >= 15 is 0 Å². The Morgan fingerprint density at radius 3 is 1.64 bits per heavy atom. The van der Waals surface area contributed by atoms with Gasteiger partial charge in [0.1, 0.15) is 59.6 Å². The molecule has 9 heterocycles. The van der Waals surface area contributed by atoms with Gasteiger partial charge in [-0.15, -0.1) is 11.8 Å². The van der Waals surface area contributed by atoms with Crippen LogP contribution in [0.2, 0.25) is 0 Å². The van der Waals surface area contributed by atoms with Crippen molar-refractivity contribution in [2.45, 2.75) is 19.9 Å². The van der Waals surface area contributed by atoms with Crippen LogP contribution in [0.3, 0.4) is 0 Å². The third kappa shape index (κ3) is 3.54. The van der Waals surface area contributed by atoms with Crippen LogP contribution in [-0.2, 0) is 0 Å². The molecule has 0 amide bonds. The molecule has 0 saturated heterocycles. The largest absolute Gasteiger partial charge is 0.443 e. The van der Waals surface area contributed by atoms with Crippen molar-refractivity contribution in [2.75, 3.05) is 5.75 Å². The van der Waals surface area contributed by atoms with Crippen molar-refractivity contribution in [1.29, 1.82) is 0 Å². The molecule has 0 aliphatic carbocycles. The average molecular weight is 583 g/mol. The molecule has 206 valence electrons. The van der Waals surface area contributed by atoms with Crippen molar-refractivity contribution in [3.05, 3.63) is 54.4 Å². The van der Waals surface area contributed by atoms with Gasteiger partial charge in [-0.1, -0.05) is 0 Å². The van der Waals surface area contributed by atoms with E-state index in [0.717, 1.165) is 0 Å². The smallest absolute Gasteiger partial charge is 0.249 e. The lowest BCUT2D eigenvalue weighted by Gasteiger charge is -1.97. The lowest BCUT2D eigenvalue weighted by molar-refractivity contribution is 0.448. The number of aromatic nitrogens is 7. The van der Waals surface area contributed by atoms with Gasteiger partial charge in [-0.05, 0) is 13.8 Å². The first-order valence-corrected chi connectivity index (χ1v) is 13.5. The van der Waals surface area contributed by atoms with Gasteiger partial charge in [-0.2, -0.15) is 0 Å². The molecule has 9 rings (SSSR count). The zero-order valence-electron chi connectivity index (χ0n) is 21.5. The summed E-state index contributed by atoms with van der Waals surface area (Å²) in [6.45, 7) is 3.55. The fourth-order valence-electron chi connectivity index (χ4n) is 4.53. The Hall–Kier alpha value is -5.51. The number of aliphatic imine (C=N–C) groups is 1. The molecule has 0 radical (unpaired) electrons. The van der Waals surface area contributed by atoms with Gasteiger partial charge >= 0.3 is 0 Å². The van der Waals surface area contributed by atoms with Crippen LogP contribution in [0, 0.1) is 13.8 Å². The topological polar surface area (TPSA) is 195 Å². The molecule has 0 unspecified atom stereocenters. The summed E-state index contributed by atoms with van der Waals surface area (Å²) in [7, 11) is 0. The maximum Gasteiger partial charge on any atom is 0.249 e. The summed E-state index contributed by atoms with van der Waals surface area (Å²) in [4.78, 5) is 36.5. The fraction of sp³-hybridized carbons (Fsp3) is 0.154. The van der Waals surface area contributed by atoms with Gasteiger partial charge in [0.2, 0.25) is 41.2 Å². The van der Waals surface area contributed by atoms with Gasteiger partial charge < -0.3 is 30.9 Å². The third-order valence-electron chi connectivity index (χ3n) is 6.57. The maximum absolute atomic E-state index is 5.99. The van der Waals surface area contributed by atoms with Crippen LogP contribution in [-0.4, -0.2) is 45.7 Å². The van der Waals surface area contributed by atoms with Gasteiger partial charge in [-0.25, -0.2) is 34.9 Å². The highest BCUT2D eigenvalue weighted by Gasteiger charge is 2.30. The summed E-state index contributed by atoms with van der Waals surface area (Å²) in [5.41, 5.74) is 2.84. The molecule has 2 aliphatic heterocycles. The Labute approximate surface area is 237 Å². The van der Waals surface area contributed by atoms with Crippen molar-refractivity contribution < 1.29 is 30.9 Å². The predicted octanol–water partition coefficient (Wildman–Crippen LogP) is 5.77. The number of nitrogens with zero attached hydrogens (tertiary/aromatic N) is 8. The predicted molar refractivity (Wildman–Crippen MR) is 141 cm³/mol. The third-order valence-corrected chi connectivity index (χ3v) is 7.64. The summed E-state index contributed by atoms with van der Waals surface area (Å²) >= 11 is 1.52. The van der Waals surface area contributed by atoms with Crippen LogP contribution in [0.5, 0.6) is 0 Å². The summed E-state index contributed by atoms with van der Waals surface area (Å²) in [6, 6.07) is -0.335. The van der Waals surface area contributed by atoms with Crippen molar-refractivity contribution >= 4 is 16.8 Å². The molecular formula is C26H14N8O7S. The summed E-state index contributed by atoms with van der Waals surface area (Å²) in [5, 5.41) is 0.688. The second-order valence-corrected chi connectivity index (χ2v) is 10.3. The highest BCUT2D eigenvalue weighted by molar-refractivity contribution is 8.14. The van der Waals surface area contributed by atoms with E-state index in [9.17, 15) is 0 Å². The number of aryl methyl sites for hydroxylation is 2. The van der Waals surface area contributed by atoms with E-state index < -0.39 is 0 Å². The Morgan fingerprint density at radius 2 is 1.02 bits per heavy atom. The lowest BCUT2D eigenvalue weighted by Crippen LogP contribution is -1.95. The molecule has 7 aromatic rings. The minimum atomic E-state index is -0.335. The normalized spacial score (nSPS) is 15.6. The molecule has 0 saturated carbocycles. The van der Waals surface area contributed by atoms with Crippen LogP contribution in [0.1, 0.15) is 29.1 Å². The molecule has 16 bridgehead atoms. The maximum atomic E-state index is 5.99. The van der Waals surface area contributed by atoms with Crippen molar-refractivity contribution in [2.24, 2.45) is 4.99 Å². The van der Waals surface area contributed by atoms with Crippen molar-refractivity contribution in [3.8, 4) is 69.5 Å². The van der Waals surface area contributed by atoms with Crippen LogP contribution in [0.4, 0.5) is 0 Å². The van der Waals surface area contributed by atoms with E-state index in [2.05, 4.69) is 34.9 Å². The van der Waals surface area contributed by atoms with Gasteiger partial charge in [0.15, 0.2) is 34.2 Å². The number of hydrogen-bond acceptors (Lipinski definition) is 16. The number of rotatable bonds is 0. The number of fused-ring (bicyclic) bond motifs is 23. The quantitative estimate of drug-likeness (QED) is 0.209. The molecule has 0 spiro atoms. The minimum absolute atomic E-state index is 0.194. The van der Waals surface area contributed by atoms with Crippen LogP contribution >= 0.6 is 11.8 Å². The molecule has 2 aliphatic rings. The number of oxazole rings is 7. The monoisotopic (exact) mass is 582 g/mol. The first-order valence-electron chi connectivity index (χ1n) is 12.5. The van der Waals surface area contributed by atoms with E-state index in [1.165, 1.54) is 43.1 Å². The van der Waals surface area contributed by atoms with Gasteiger partial charge in [0, 0.05) is 5.75 Å². The molecule has 16 heteroatoms. The molecule has 1 atom stereocenters. The van der Waals surface area contributed by atoms with Gasteiger partial charge in [0.05, 0.1) is 0 Å². The molecular weight excluding hydrogens is 568 g/mol. The Balaban J connectivity index is 1.18. The summed E-state index contributed by atoms with van der Waals surface area (Å²) < 4.78 is 40.2. The molecule has 0 fully saturated rings. The molecule has 42 heavy (non-hydrogen) atoms. The van der Waals surface area contributed by atoms with Crippen molar-refractivity contribution in [1.82, 2.24) is 34.9 Å². The highest BCUT2D eigenvalue weighted by Crippen LogP contribution is 2.37. The van der Waals surface area contributed by atoms with Crippen LogP contribution < -0.4 is 0 Å². The van der Waals surface area contributed by atoms with Crippen LogP contribution in [0.25, 0.3) is 69.5 Å². The van der Waals surface area contributed by atoms with E-state index in [-0.39, 0.29) is 41.4 Å². The van der Waals surface area contributed by atoms with Crippen LogP contribution in [0.15, 0.2) is 67.2 Å². The molecule has 0 aromatic carbocycles. The fourth-order valence-corrected chi connectivity index (χ4v) is 5.51. The Morgan fingerprint density at radius 1 is 0.548 bits per heavy atom. The van der Waals surface area contributed by atoms with E-state index in [1.54, 1.807) is 13.8 Å². The zero-order chi connectivity index (χ0) is 27.9. The lowest BCUT2D eigenvalue weighted by atomic mass is 10.3. The zero-order valence-corrected chi connectivity index (χ0v) is 22.3. The van der Waals surface area contributed by atoms with E-state index in [4.69, 9.17) is 35.9 Å². The Kier molecular flexibility index (Phi) is 4.70. The average Bonchev–Trinajstić information content (AvgIpc) is 3.81. The number of hydrogen-bond donors (Lipinski definition) is 0. The standard InChI is InChI=1S/C26H14N8O7S/c1-9-17-24-30-14(6-39-24)21-28-12(4-37-21)19-27-11(3-35-19)20-29-13(5-36-20)22-31-15(7-38-22)26-32-16(8-42-26)23-33-18(10(2)40-23)25(34-17)41-9/h3-7,16H,8H2,1-2H3/t16-/m1/s1. The highest BCUT2D eigenvalue weighted by atomic mass is 32.2. The van der Waals surface area contributed by atoms with Gasteiger partial charge in [-0.3, -0.25) is 4.99 Å². The van der Waals surface area contributed by atoms with E-state index in [1.807, 2.05) is 0 Å². The molecule has 0 N–H and O–H groups in total. The van der Waals surface area contributed by atoms with Crippen molar-refractivity contribution in [3.63, 3.8) is 0 Å². The summed E-state index contributed by atoms with van der Waals surface area (Å²) in [5.74, 6) is 3.43. The second-order valence-electron chi connectivity index (χ2n) is 9.33.